The molecule has 0 aliphatic carbocycles. The number of hydrogen-bond acceptors (Lipinski definition) is 4. The van der Waals surface area contributed by atoms with Gasteiger partial charge in [0, 0.05) is 0 Å². The summed E-state index contributed by atoms with van der Waals surface area (Å²) in [6.07, 6.45) is 3.59. The topological polar surface area (TPSA) is 52.6 Å². The van der Waals surface area contributed by atoms with Gasteiger partial charge in [-0.15, -0.1) is 0 Å². The predicted molar refractivity (Wildman–Crippen MR) is 60.7 cm³/mol. The van der Waals surface area contributed by atoms with Crippen molar-refractivity contribution in [2.75, 3.05) is 13.2 Å². The molecule has 0 aromatic heterocycles. The van der Waals surface area contributed by atoms with Crippen molar-refractivity contribution in [2.45, 2.75) is 27.7 Å². The zero-order chi connectivity index (χ0) is 12.6. The van der Waals surface area contributed by atoms with Gasteiger partial charge in [0.1, 0.15) is 0 Å². The fourth-order valence-electron chi connectivity index (χ4n) is 1.40. The molecule has 0 bridgehead atoms. The molecular formula is C12H20O4. The molecule has 16 heavy (non-hydrogen) atoms. The summed E-state index contributed by atoms with van der Waals surface area (Å²) >= 11 is 0. The Hall–Kier alpha value is -1.32. The standard InChI is InChI=1S/C12H20O4/c1-5-8-9(4)10(11(13)15-6-2)12(14)16-7-3/h5,8-10H,6-7H2,1-4H3/b8-5+. The first-order valence-corrected chi connectivity index (χ1v) is 5.54. The quantitative estimate of drug-likeness (QED) is 0.396. The number of carbonyl (C=O) groups excluding carboxylic acids is 2. The molecule has 0 amide bonds. The zero-order valence-electron chi connectivity index (χ0n) is 10.4. The van der Waals surface area contributed by atoms with Crippen molar-refractivity contribution in [1.29, 1.82) is 0 Å². The first kappa shape index (κ1) is 14.7. The highest BCUT2D eigenvalue weighted by Crippen LogP contribution is 2.17. The van der Waals surface area contributed by atoms with E-state index >= 15 is 0 Å². The second-order valence-electron chi connectivity index (χ2n) is 3.37. The minimum absolute atomic E-state index is 0.219. The first-order valence-electron chi connectivity index (χ1n) is 5.54. The SMILES string of the molecule is C/C=C/C(C)C(C(=O)OCC)C(=O)OCC. The van der Waals surface area contributed by atoms with Crippen molar-refractivity contribution in [3.8, 4) is 0 Å². The molecule has 1 unspecified atom stereocenters. The Morgan fingerprint density at radius 3 is 1.88 bits per heavy atom. The Labute approximate surface area is 96.6 Å². The van der Waals surface area contributed by atoms with E-state index in [-0.39, 0.29) is 19.1 Å². The summed E-state index contributed by atoms with van der Waals surface area (Å²) in [4.78, 5) is 23.2. The minimum atomic E-state index is -0.865. The van der Waals surface area contributed by atoms with Crippen LogP contribution in [0, 0.1) is 11.8 Å². The zero-order valence-corrected chi connectivity index (χ0v) is 10.4. The summed E-state index contributed by atoms with van der Waals surface area (Å²) in [7, 11) is 0. The van der Waals surface area contributed by atoms with Gasteiger partial charge in [0.15, 0.2) is 5.92 Å². The van der Waals surface area contributed by atoms with Crippen LogP contribution in [0.2, 0.25) is 0 Å². The third kappa shape index (κ3) is 4.47. The van der Waals surface area contributed by atoms with Crippen LogP contribution in [-0.2, 0) is 19.1 Å². The molecule has 0 heterocycles. The van der Waals surface area contributed by atoms with Crippen molar-refractivity contribution in [1.82, 2.24) is 0 Å². The summed E-state index contributed by atoms with van der Waals surface area (Å²) in [5.41, 5.74) is 0. The summed E-state index contributed by atoms with van der Waals surface area (Å²) in [5.74, 6) is -2.13. The number of allylic oxidation sites excluding steroid dienone is 2. The van der Waals surface area contributed by atoms with Gasteiger partial charge in [0.25, 0.3) is 0 Å². The molecule has 0 aliphatic heterocycles. The number of hydrogen-bond donors (Lipinski definition) is 0. The van der Waals surface area contributed by atoms with E-state index < -0.39 is 17.9 Å². The summed E-state index contributed by atoms with van der Waals surface area (Å²) in [6, 6.07) is 0. The fourth-order valence-corrected chi connectivity index (χ4v) is 1.40. The normalized spacial score (nSPS) is 12.8. The monoisotopic (exact) mass is 228 g/mol. The van der Waals surface area contributed by atoms with E-state index in [1.165, 1.54) is 0 Å². The van der Waals surface area contributed by atoms with E-state index in [1.807, 2.05) is 6.92 Å². The van der Waals surface area contributed by atoms with Gasteiger partial charge in [0.05, 0.1) is 13.2 Å². The van der Waals surface area contributed by atoms with E-state index in [2.05, 4.69) is 0 Å². The van der Waals surface area contributed by atoms with Gasteiger partial charge in [-0.2, -0.15) is 0 Å². The largest absolute Gasteiger partial charge is 0.465 e. The number of ether oxygens (including phenoxy) is 2. The van der Waals surface area contributed by atoms with Crippen LogP contribution >= 0.6 is 0 Å². The Morgan fingerprint density at radius 2 is 1.56 bits per heavy atom. The van der Waals surface area contributed by atoms with Gasteiger partial charge in [-0.05, 0) is 26.7 Å². The maximum Gasteiger partial charge on any atom is 0.320 e. The number of carbonyl (C=O) groups is 2. The van der Waals surface area contributed by atoms with Crippen molar-refractivity contribution in [3.63, 3.8) is 0 Å². The number of rotatable bonds is 6. The van der Waals surface area contributed by atoms with E-state index in [4.69, 9.17) is 9.47 Å². The van der Waals surface area contributed by atoms with Gasteiger partial charge in [0.2, 0.25) is 0 Å². The second-order valence-corrected chi connectivity index (χ2v) is 3.37. The highest BCUT2D eigenvalue weighted by molar-refractivity contribution is 5.95. The highest BCUT2D eigenvalue weighted by Gasteiger charge is 2.33. The smallest absolute Gasteiger partial charge is 0.320 e. The van der Waals surface area contributed by atoms with Crippen molar-refractivity contribution >= 4 is 11.9 Å². The molecule has 1 atom stereocenters. The maximum absolute atomic E-state index is 11.6. The molecule has 0 spiro atoms. The Kier molecular flexibility index (Phi) is 7.25. The molecule has 0 N–H and O–H groups in total. The van der Waals surface area contributed by atoms with Crippen molar-refractivity contribution < 1.29 is 19.1 Å². The molecule has 0 saturated carbocycles. The van der Waals surface area contributed by atoms with Crippen LogP contribution in [0.3, 0.4) is 0 Å². The van der Waals surface area contributed by atoms with E-state index in [1.54, 1.807) is 32.9 Å². The van der Waals surface area contributed by atoms with Gasteiger partial charge in [-0.3, -0.25) is 9.59 Å². The summed E-state index contributed by atoms with van der Waals surface area (Å²) in [5, 5.41) is 0. The third-order valence-corrected chi connectivity index (χ3v) is 2.10. The first-order chi connectivity index (χ1) is 7.58. The average molecular weight is 228 g/mol. The lowest BCUT2D eigenvalue weighted by Gasteiger charge is -2.17. The molecule has 0 aromatic rings. The molecule has 0 aliphatic rings. The molecule has 4 nitrogen and oxygen atoms in total. The van der Waals surface area contributed by atoms with Crippen molar-refractivity contribution in [3.05, 3.63) is 12.2 Å². The lowest BCUT2D eigenvalue weighted by molar-refractivity contribution is -0.163. The number of esters is 2. The Balaban J connectivity index is 4.74. The maximum atomic E-state index is 11.6. The molecule has 4 heteroatoms. The summed E-state index contributed by atoms with van der Waals surface area (Å²) < 4.78 is 9.73. The van der Waals surface area contributed by atoms with Crippen LogP contribution < -0.4 is 0 Å². The van der Waals surface area contributed by atoms with Gasteiger partial charge in [-0.1, -0.05) is 19.1 Å². The molecule has 0 rings (SSSR count). The predicted octanol–water partition coefficient (Wildman–Crippen LogP) is 1.94. The second kappa shape index (κ2) is 7.91. The Bertz CT molecular complexity index is 240. The van der Waals surface area contributed by atoms with Crippen molar-refractivity contribution in [2.24, 2.45) is 11.8 Å². The van der Waals surface area contributed by atoms with Gasteiger partial charge >= 0.3 is 11.9 Å². The van der Waals surface area contributed by atoms with E-state index in [9.17, 15) is 9.59 Å². The molecule has 0 saturated heterocycles. The fraction of sp³-hybridized carbons (Fsp3) is 0.667. The Morgan fingerprint density at radius 1 is 1.12 bits per heavy atom. The van der Waals surface area contributed by atoms with Crippen LogP contribution in [0.15, 0.2) is 12.2 Å². The van der Waals surface area contributed by atoms with Gasteiger partial charge in [-0.25, -0.2) is 0 Å². The van der Waals surface area contributed by atoms with E-state index in [0.717, 1.165) is 0 Å². The molecule has 0 radical (unpaired) electrons. The minimum Gasteiger partial charge on any atom is -0.465 e. The molecule has 92 valence electrons. The van der Waals surface area contributed by atoms with Crippen LogP contribution in [0.4, 0.5) is 0 Å². The lowest BCUT2D eigenvalue weighted by atomic mass is 9.94. The third-order valence-electron chi connectivity index (χ3n) is 2.10. The van der Waals surface area contributed by atoms with E-state index in [0.29, 0.717) is 0 Å². The average Bonchev–Trinajstić information content (AvgIpc) is 2.19. The summed E-state index contributed by atoms with van der Waals surface area (Å²) in [6.45, 7) is 7.57. The molecule has 0 aromatic carbocycles. The lowest BCUT2D eigenvalue weighted by Crippen LogP contribution is -2.32. The molecule has 0 fully saturated rings. The molecular weight excluding hydrogens is 208 g/mol. The highest BCUT2D eigenvalue weighted by atomic mass is 16.6. The van der Waals surface area contributed by atoms with Crippen LogP contribution in [0.25, 0.3) is 0 Å². The van der Waals surface area contributed by atoms with Gasteiger partial charge < -0.3 is 9.47 Å². The van der Waals surface area contributed by atoms with Crippen LogP contribution in [-0.4, -0.2) is 25.2 Å². The van der Waals surface area contributed by atoms with Crippen LogP contribution in [0.5, 0.6) is 0 Å². The van der Waals surface area contributed by atoms with Crippen LogP contribution in [0.1, 0.15) is 27.7 Å².